The largest absolute Gasteiger partial charge is 0.340 e. The van der Waals surface area contributed by atoms with E-state index in [2.05, 4.69) is 34.0 Å². The minimum Gasteiger partial charge on any atom is -0.340 e. The highest BCUT2D eigenvalue weighted by Crippen LogP contribution is 2.17. The van der Waals surface area contributed by atoms with Crippen molar-refractivity contribution in [3.8, 4) is 0 Å². The molecular weight excluding hydrogens is 332 g/mol. The second-order valence-electron chi connectivity index (χ2n) is 7.11. The van der Waals surface area contributed by atoms with Crippen molar-refractivity contribution in [2.24, 2.45) is 5.92 Å². The molecular formula is C18H24N6O2. The van der Waals surface area contributed by atoms with Gasteiger partial charge in [-0.2, -0.15) is 4.98 Å². The Balaban J connectivity index is 1.86. The highest BCUT2D eigenvalue weighted by Gasteiger charge is 2.22. The lowest BCUT2D eigenvalue weighted by atomic mass is 10.2. The molecule has 0 radical (unpaired) electrons. The maximum atomic E-state index is 13.0. The topological polar surface area (TPSA) is 89.9 Å². The summed E-state index contributed by atoms with van der Waals surface area (Å²) in [5.41, 5.74) is 2.01. The molecule has 0 unspecified atom stereocenters. The zero-order valence-corrected chi connectivity index (χ0v) is 15.8. The molecule has 0 saturated carbocycles. The van der Waals surface area contributed by atoms with Crippen LogP contribution in [0.15, 0.2) is 23.1 Å². The number of fused-ring (bicyclic) bond motifs is 1. The van der Waals surface area contributed by atoms with Crippen molar-refractivity contribution in [1.82, 2.24) is 29.6 Å². The minimum atomic E-state index is -0.129. The fourth-order valence-corrected chi connectivity index (χ4v) is 2.81. The average Bonchev–Trinajstić information content (AvgIpc) is 3.17. The first kappa shape index (κ1) is 18.0. The van der Waals surface area contributed by atoms with E-state index in [0.29, 0.717) is 23.2 Å². The van der Waals surface area contributed by atoms with Gasteiger partial charge in [-0.1, -0.05) is 19.0 Å². The van der Waals surface area contributed by atoms with Crippen molar-refractivity contribution < 1.29 is 9.32 Å². The van der Waals surface area contributed by atoms with Gasteiger partial charge in [0.05, 0.1) is 18.4 Å². The number of nitrogens with zero attached hydrogens (tertiary/aromatic N) is 6. The lowest BCUT2D eigenvalue weighted by Gasteiger charge is -2.25. The second kappa shape index (κ2) is 7.23. The fourth-order valence-electron chi connectivity index (χ4n) is 2.81. The van der Waals surface area contributed by atoms with E-state index < -0.39 is 0 Å². The summed E-state index contributed by atoms with van der Waals surface area (Å²) in [5, 5.41) is 3.88. The van der Waals surface area contributed by atoms with Crippen LogP contribution in [0.3, 0.4) is 0 Å². The van der Waals surface area contributed by atoms with E-state index in [1.165, 1.54) is 0 Å². The SMILES string of the molecule is Cc1nc(CN(C(=O)c2cnc3c(c2)ncn3CC(C)C)C(C)C)no1. The quantitative estimate of drug-likeness (QED) is 0.674. The Labute approximate surface area is 152 Å². The predicted molar refractivity (Wildman–Crippen MR) is 96.4 cm³/mol. The molecule has 3 rings (SSSR count). The summed E-state index contributed by atoms with van der Waals surface area (Å²) in [5.74, 6) is 1.33. The first-order valence-electron chi connectivity index (χ1n) is 8.76. The standard InChI is InChI=1S/C18H24N6O2/c1-11(2)8-23-10-20-15-6-14(7-19-17(15)23)18(25)24(12(3)4)9-16-21-13(5)26-22-16/h6-7,10-12H,8-9H2,1-5H3. The number of hydrogen-bond donors (Lipinski definition) is 0. The predicted octanol–water partition coefficient (Wildman–Crippen LogP) is 2.83. The van der Waals surface area contributed by atoms with Crippen LogP contribution in [0.2, 0.25) is 0 Å². The zero-order chi connectivity index (χ0) is 18.8. The molecule has 0 fully saturated rings. The third-order valence-electron chi connectivity index (χ3n) is 4.03. The van der Waals surface area contributed by atoms with Crippen LogP contribution in [0.5, 0.6) is 0 Å². The normalized spacial score (nSPS) is 11.7. The Morgan fingerprint density at radius 1 is 1.27 bits per heavy atom. The fraction of sp³-hybridized carbons (Fsp3) is 0.500. The Hall–Kier alpha value is -2.77. The maximum Gasteiger partial charge on any atom is 0.256 e. The summed E-state index contributed by atoms with van der Waals surface area (Å²) in [6.07, 6.45) is 3.38. The van der Waals surface area contributed by atoms with Crippen LogP contribution in [0.4, 0.5) is 0 Å². The third-order valence-corrected chi connectivity index (χ3v) is 4.03. The molecule has 1 amide bonds. The highest BCUT2D eigenvalue weighted by atomic mass is 16.5. The number of aromatic nitrogens is 5. The number of carbonyl (C=O) groups is 1. The van der Waals surface area contributed by atoms with E-state index in [1.807, 2.05) is 18.4 Å². The summed E-state index contributed by atoms with van der Waals surface area (Å²) in [4.78, 5) is 27.7. The number of pyridine rings is 1. The molecule has 3 aromatic heterocycles. The smallest absolute Gasteiger partial charge is 0.256 e. The number of hydrogen-bond acceptors (Lipinski definition) is 6. The number of imidazole rings is 1. The van der Waals surface area contributed by atoms with Gasteiger partial charge in [0.2, 0.25) is 5.89 Å². The molecule has 26 heavy (non-hydrogen) atoms. The molecule has 0 atom stereocenters. The van der Waals surface area contributed by atoms with Gasteiger partial charge in [0.15, 0.2) is 11.5 Å². The number of amides is 1. The molecule has 8 heteroatoms. The number of aryl methyl sites for hydroxylation is 1. The van der Waals surface area contributed by atoms with Crippen molar-refractivity contribution in [2.75, 3.05) is 0 Å². The zero-order valence-electron chi connectivity index (χ0n) is 15.8. The van der Waals surface area contributed by atoms with Gasteiger partial charge in [0, 0.05) is 25.7 Å². The van der Waals surface area contributed by atoms with Crippen molar-refractivity contribution >= 4 is 17.1 Å². The van der Waals surface area contributed by atoms with Crippen molar-refractivity contribution in [1.29, 1.82) is 0 Å². The Morgan fingerprint density at radius 3 is 2.65 bits per heavy atom. The van der Waals surface area contributed by atoms with E-state index in [4.69, 9.17) is 4.52 Å². The molecule has 3 aromatic rings. The van der Waals surface area contributed by atoms with Crippen LogP contribution in [0, 0.1) is 12.8 Å². The molecule has 0 aliphatic heterocycles. The van der Waals surface area contributed by atoms with E-state index in [1.54, 1.807) is 30.4 Å². The Kier molecular flexibility index (Phi) is 5.01. The van der Waals surface area contributed by atoms with E-state index >= 15 is 0 Å². The van der Waals surface area contributed by atoms with Crippen LogP contribution in [0.25, 0.3) is 11.2 Å². The summed E-state index contributed by atoms with van der Waals surface area (Å²) in [6, 6.07) is 1.77. The Morgan fingerprint density at radius 2 is 2.04 bits per heavy atom. The van der Waals surface area contributed by atoms with Gasteiger partial charge >= 0.3 is 0 Å². The molecule has 3 heterocycles. The van der Waals surface area contributed by atoms with Crippen LogP contribution >= 0.6 is 0 Å². The summed E-state index contributed by atoms with van der Waals surface area (Å²) in [7, 11) is 0. The van der Waals surface area contributed by atoms with Crippen molar-refractivity contribution in [2.45, 2.75) is 53.8 Å². The number of rotatable bonds is 6. The molecule has 8 nitrogen and oxygen atoms in total. The van der Waals surface area contributed by atoms with E-state index in [0.717, 1.165) is 17.7 Å². The van der Waals surface area contributed by atoms with Gasteiger partial charge in [-0.25, -0.2) is 9.97 Å². The average molecular weight is 356 g/mol. The van der Waals surface area contributed by atoms with Crippen LogP contribution in [0.1, 0.15) is 49.8 Å². The van der Waals surface area contributed by atoms with Gasteiger partial charge in [0.1, 0.15) is 5.52 Å². The summed E-state index contributed by atoms with van der Waals surface area (Å²) >= 11 is 0. The van der Waals surface area contributed by atoms with Gasteiger partial charge in [-0.15, -0.1) is 0 Å². The molecule has 0 aliphatic rings. The molecule has 138 valence electrons. The summed E-state index contributed by atoms with van der Waals surface area (Å²) in [6.45, 7) is 11.0. The summed E-state index contributed by atoms with van der Waals surface area (Å²) < 4.78 is 7.01. The minimum absolute atomic E-state index is 0.0181. The first-order chi connectivity index (χ1) is 12.3. The molecule has 0 aromatic carbocycles. The van der Waals surface area contributed by atoms with Gasteiger partial charge in [-0.3, -0.25) is 4.79 Å². The van der Waals surface area contributed by atoms with Crippen molar-refractivity contribution in [3.05, 3.63) is 35.9 Å². The second-order valence-corrected chi connectivity index (χ2v) is 7.11. The van der Waals surface area contributed by atoms with Crippen LogP contribution in [-0.2, 0) is 13.1 Å². The lowest BCUT2D eigenvalue weighted by molar-refractivity contribution is 0.0683. The maximum absolute atomic E-state index is 13.0. The lowest BCUT2D eigenvalue weighted by Crippen LogP contribution is -2.36. The van der Waals surface area contributed by atoms with Crippen LogP contribution in [-0.4, -0.2) is 41.5 Å². The molecule has 0 spiro atoms. The first-order valence-corrected chi connectivity index (χ1v) is 8.76. The third kappa shape index (κ3) is 3.74. The molecule has 0 bridgehead atoms. The van der Waals surface area contributed by atoms with Gasteiger partial charge in [-0.05, 0) is 25.8 Å². The Bertz CT molecular complexity index is 911. The van der Waals surface area contributed by atoms with Crippen molar-refractivity contribution in [3.63, 3.8) is 0 Å². The highest BCUT2D eigenvalue weighted by molar-refractivity contribution is 5.96. The van der Waals surface area contributed by atoms with Crippen LogP contribution < -0.4 is 0 Å². The molecule has 0 aliphatic carbocycles. The molecule has 0 saturated heterocycles. The van der Waals surface area contributed by atoms with Gasteiger partial charge in [0.25, 0.3) is 5.91 Å². The molecule has 0 N–H and O–H groups in total. The van der Waals surface area contributed by atoms with Gasteiger partial charge < -0.3 is 14.0 Å². The van der Waals surface area contributed by atoms with E-state index in [-0.39, 0.29) is 18.5 Å². The van der Waals surface area contributed by atoms with E-state index in [9.17, 15) is 4.79 Å². The monoisotopic (exact) mass is 356 g/mol. The number of carbonyl (C=O) groups excluding carboxylic acids is 1.